The molecule has 0 saturated heterocycles. The van der Waals surface area contributed by atoms with Gasteiger partial charge in [-0.05, 0) is 12.8 Å². The van der Waals surface area contributed by atoms with Crippen molar-refractivity contribution in [3.63, 3.8) is 0 Å². The van der Waals surface area contributed by atoms with Gasteiger partial charge >= 0.3 is 8.80 Å². The number of unbranched alkanes of at least 4 members (excludes halogenated alkanes) is 14. The second-order valence-electron chi connectivity index (χ2n) is 9.73. The van der Waals surface area contributed by atoms with E-state index in [0.29, 0.717) is 0 Å². The van der Waals surface area contributed by atoms with Crippen molar-refractivity contribution in [2.24, 2.45) is 0 Å². The minimum absolute atomic E-state index is 0. The van der Waals surface area contributed by atoms with Crippen LogP contribution in [0.4, 0.5) is 0 Å². The standard InChI is InChI=1S/C25H56NO3Si.ClH/c1-7-8-9-10-11-12-13-14-15-16-17-18-19-20-21-23-26(2,3)24-22-25-30(27-4,28-5)29-6;/h7-25H2,1-6H3;1H/q+1;/p-1. The van der Waals surface area contributed by atoms with E-state index in [2.05, 4.69) is 21.0 Å². The van der Waals surface area contributed by atoms with Gasteiger partial charge in [-0.2, -0.15) is 0 Å². The lowest BCUT2D eigenvalue weighted by Gasteiger charge is -2.31. The Balaban J connectivity index is 0. The lowest BCUT2D eigenvalue weighted by Crippen LogP contribution is -3.00. The lowest BCUT2D eigenvalue weighted by atomic mass is 10.0. The second kappa shape index (κ2) is 22.2. The highest BCUT2D eigenvalue weighted by molar-refractivity contribution is 6.60. The molecule has 0 aliphatic carbocycles. The Morgan fingerprint density at radius 1 is 0.516 bits per heavy atom. The molecule has 0 radical (unpaired) electrons. The van der Waals surface area contributed by atoms with Crippen LogP contribution in [0.25, 0.3) is 0 Å². The first-order valence-electron chi connectivity index (χ1n) is 12.9. The van der Waals surface area contributed by atoms with Gasteiger partial charge in [-0.1, -0.05) is 90.4 Å². The van der Waals surface area contributed by atoms with E-state index in [1.54, 1.807) is 21.3 Å². The van der Waals surface area contributed by atoms with E-state index in [1.807, 2.05) is 0 Å². The summed E-state index contributed by atoms with van der Waals surface area (Å²) in [6, 6.07) is 0.900. The molecule has 0 rings (SSSR count). The summed E-state index contributed by atoms with van der Waals surface area (Å²) in [5.41, 5.74) is 0. The molecule has 4 nitrogen and oxygen atoms in total. The van der Waals surface area contributed by atoms with Crippen LogP contribution < -0.4 is 12.4 Å². The molecule has 0 aromatic rings. The van der Waals surface area contributed by atoms with E-state index in [9.17, 15) is 0 Å². The monoisotopic (exact) mass is 481 g/mol. The fourth-order valence-electron chi connectivity index (χ4n) is 4.30. The van der Waals surface area contributed by atoms with Crippen molar-refractivity contribution in [3.05, 3.63) is 0 Å². The van der Waals surface area contributed by atoms with Crippen LogP contribution in [0.5, 0.6) is 0 Å². The summed E-state index contributed by atoms with van der Waals surface area (Å²) in [6.45, 7) is 4.71. The highest BCUT2D eigenvalue weighted by Gasteiger charge is 2.37. The van der Waals surface area contributed by atoms with E-state index in [1.165, 1.54) is 103 Å². The van der Waals surface area contributed by atoms with E-state index in [4.69, 9.17) is 13.3 Å². The maximum absolute atomic E-state index is 5.53. The average Bonchev–Trinajstić information content (AvgIpc) is 2.74. The van der Waals surface area contributed by atoms with E-state index in [-0.39, 0.29) is 12.4 Å². The molecular formula is C25H56ClNO3Si. The fourth-order valence-corrected chi connectivity index (χ4v) is 6.01. The Bertz CT molecular complexity index is 360. The third-order valence-electron chi connectivity index (χ3n) is 6.55. The SMILES string of the molecule is CCCCCCCCCCCCCCCCC[N+](C)(C)CCC[Si](OC)(OC)OC.[Cl-]. The van der Waals surface area contributed by atoms with Crippen molar-refractivity contribution < 1.29 is 30.2 Å². The highest BCUT2D eigenvalue weighted by atomic mass is 35.5. The van der Waals surface area contributed by atoms with Gasteiger partial charge in [0.25, 0.3) is 0 Å². The third kappa shape index (κ3) is 19.5. The van der Waals surface area contributed by atoms with Crippen LogP contribution in [0.1, 0.15) is 110 Å². The van der Waals surface area contributed by atoms with E-state index < -0.39 is 8.80 Å². The predicted octanol–water partition coefficient (Wildman–Crippen LogP) is 4.21. The van der Waals surface area contributed by atoms with Crippen molar-refractivity contribution in [2.45, 2.75) is 116 Å². The molecule has 0 spiro atoms. The molecule has 0 aromatic carbocycles. The van der Waals surface area contributed by atoms with Crippen LogP contribution in [-0.2, 0) is 13.3 Å². The normalized spacial score (nSPS) is 12.2. The van der Waals surface area contributed by atoms with Crippen molar-refractivity contribution >= 4 is 8.80 Å². The first-order valence-corrected chi connectivity index (χ1v) is 14.9. The molecule has 0 fully saturated rings. The molecule has 0 saturated carbocycles. The first-order chi connectivity index (χ1) is 14.4. The molecule has 0 unspecified atom stereocenters. The molecule has 0 atom stereocenters. The van der Waals surface area contributed by atoms with Crippen LogP contribution in [0, 0.1) is 0 Å². The van der Waals surface area contributed by atoms with Gasteiger partial charge < -0.3 is 30.2 Å². The average molecular weight is 482 g/mol. The maximum atomic E-state index is 5.53. The predicted molar refractivity (Wildman–Crippen MR) is 133 cm³/mol. The second-order valence-corrected chi connectivity index (χ2v) is 12.8. The smallest absolute Gasteiger partial charge is 0.500 e. The Kier molecular flexibility index (Phi) is 24.0. The van der Waals surface area contributed by atoms with Gasteiger partial charge in [-0.25, -0.2) is 0 Å². The third-order valence-corrected chi connectivity index (χ3v) is 9.38. The van der Waals surface area contributed by atoms with Crippen molar-refractivity contribution in [1.82, 2.24) is 0 Å². The molecule has 0 aliphatic rings. The van der Waals surface area contributed by atoms with Gasteiger partial charge in [0, 0.05) is 33.8 Å². The molecule has 0 bridgehead atoms. The number of hydrogen-bond acceptors (Lipinski definition) is 3. The number of nitrogens with zero attached hydrogens (tertiary/aromatic N) is 1. The van der Waals surface area contributed by atoms with Gasteiger partial charge in [-0.15, -0.1) is 0 Å². The van der Waals surface area contributed by atoms with Crippen molar-refractivity contribution in [2.75, 3.05) is 48.5 Å². The topological polar surface area (TPSA) is 27.7 Å². The van der Waals surface area contributed by atoms with Gasteiger partial charge in [0.15, 0.2) is 0 Å². The van der Waals surface area contributed by atoms with Gasteiger partial charge in [-0.3, -0.25) is 0 Å². The van der Waals surface area contributed by atoms with Crippen LogP contribution in [0.2, 0.25) is 6.04 Å². The number of hydrogen-bond donors (Lipinski definition) is 0. The molecular weight excluding hydrogens is 426 g/mol. The van der Waals surface area contributed by atoms with Gasteiger partial charge in [0.1, 0.15) is 0 Å². The van der Waals surface area contributed by atoms with E-state index in [0.717, 1.165) is 23.5 Å². The van der Waals surface area contributed by atoms with Crippen molar-refractivity contribution in [3.8, 4) is 0 Å². The summed E-state index contributed by atoms with van der Waals surface area (Å²) in [5.74, 6) is 0. The zero-order valence-electron chi connectivity index (χ0n) is 22.0. The summed E-state index contributed by atoms with van der Waals surface area (Å²) in [4.78, 5) is 0. The molecule has 6 heteroatoms. The number of rotatable bonds is 23. The molecule has 0 heterocycles. The quantitative estimate of drug-likeness (QED) is 0.124. The summed E-state index contributed by atoms with van der Waals surface area (Å²) < 4.78 is 17.7. The molecule has 0 aromatic heterocycles. The Morgan fingerprint density at radius 2 is 0.839 bits per heavy atom. The van der Waals surface area contributed by atoms with Gasteiger partial charge in [0.2, 0.25) is 0 Å². The zero-order chi connectivity index (χ0) is 22.6. The summed E-state index contributed by atoms with van der Waals surface area (Å²) in [6.07, 6.45) is 22.5. The Labute approximate surface area is 203 Å². The summed E-state index contributed by atoms with van der Waals surface area (Å²) in [5, 5.41) is 0. The molecule has 0 aliphatic heterocycles. The minimum atomic E-state index is -2.40. The number of quaternary nitrogens is 1. The Morgan fingerprint density at radius 3 is 1.19 bits per heavy atom. The Hall–Kier alpha value is 0.347. The minimum Gasteiger partial charge on any atom is -1.00 e. The zero-order valence-corrected chi connectivity index (χ0v) is 23.7. The van der Waals surface area contributed by atoms with Crippen LogP contribution in [0.15, 0.2) is 0 Å². The molecule has 0 N–H and O–H groups in total. The van der Waals surface area contributed by atoms with Crippen LogP contribution in [-0.4, -0.2) is 61.8 Å². The summed E-state index contributed by atoms with van der Waals surface area (Å²) in [7, 11) is 7.40. The van der Waals surface area contributed by atoms with Crippen LogP contribution >= 0.6 is 0 Å². The summed E-state index contributed by atoms with van der Waals surface area (Å²) >= 11 is 0. The molecule has 190 valence electrons. The molecule has 0 amide bonds. The van der Waals surface area contributed by atoms with E-state index >= 15 is 0 Å². The number of halogens is 1. The van der Waals surface area contributed by atoms with Crippen molar-refractivity contribution in [1.29, 1.82) is 0 Å². The molecule has 31 heavy (non-hydrogen) atoms. The fraction of sp³-hybridized carbons (Fsp3) is 1.00. The lowest BCUT2D eigenvalue weighted by molar-refractivity contribution is -0.890. The highest BCUT2D eigenvalue weighted by Crippen LogP contribution is 2.17. The van der Waals surface area contributed by atoms with Crippen LogP contribution in [0.3, 0.4) is 0 Å². The van der Waals surface area contributed by atoms with Gasteiger partial charge in [0.05, 0.1) is 27.2 Å². The maximum Gasteiger partial charge on any atom is 0.500 e. The largest absolute Gasteiger partial charge is 1.00 e. The first kappa shape index (κ1) is 33.5.